The van der Waals surface area contributed by atoms with Crippen molar-refractivity contribution in [2.24, 2.45) is 7.05 Å². The molecule has 0 fully saturated rings. The minimum Gasteiger partial charge on any atom is -0.454 e. The maximum Gasteiger partial charge on any atom is 0.451 e. The Hall–Kier alpha value is -2.43. The molecule has 11 heteroatoms. The quantitative estimate of drug-likeness (QED) is 0.692. The third-order valence-electron chi connectivity index (χ3n) is 3.96. The molecular formula is C16H17F3N4O3S. The molecule has 27 heavy (non-hydrogen) atoms. The summed E-state index contributed by atoms with van der Waals surface area (Å²) in [5.41, 5.74) is 0.873. The predicted molar refractivity (Wildman–Crippen MR) is 90.4 cm³/mol. The third-order valence-corrected chi connectivity index (χ3v) is 4.96. The molecule has 3 rings (SSSR count). The number of amides is 1. The van der Waals surface area contributed by atoms with E-state index in [1.807, 2.05) is 19.1 Å². The van der Waals surface area contributed by atoms with Crippen LogP contribution in [0.15, 0.2) is 23.4 Å². The van der Waals surface area contributed by atoms with Crippen LogP contribution in [0.25, 0.3) is 0 Å². The smallest absolute Gasteiger partial charge is 0.451 e. The molecule has 0 spiro atoms. The fourth-order valence-electron chi connectivity index (χ4n) is 2.54. The van der Waals surface area contributed by atoms with Gasteiger partial charge in [-0.05, 0) is 24.6 Å². The highest BCUT2D eigenvalue weighted by atomic mass is 32.2. The summed E-state index contributed by atoms with van der Waals surface area (Å²) in [5, 5.41) is 6.70. The number of thioether (sulfide) groups is 1. The number of halogens is 3. The van der Waals surface area contributed by atoms with Crippen LogP contribution < -0.4 is 9.47 Å². The zero-order valence-corrected chi connectivity index (χ0v) is 15.4. The van der Waals surface area contributed by atoms with Crippen LogP contribution in [0.4, 0.5) is 13.2 Å². The number of rotatable bonds is 6. The van der Waals surface area contributed by atoms with E-state index in [4.69, 9.17) is 9.47 Å². The molecule has 146 valence electrons. The van der Waals surface area contributed by atoms with Crippen molar-refractivity contribution in [2.45, 2.75) is 24.8 Å². The number of carbonyl (C=O) groups is 1. The number of hydrogen-bond donors (Lipinski definition) is 0. The van der Waals surface area contributed by atoms with Crippen LogP contribution in [0.5, 0.6) is 11.5 Å². The fourth-order valence-corrected chi connectivity index (χ4v) is 3.35. The van der Waals surface area contributed by atoms with Crippen molar-refractivity contribution in [3.8, 4) is 11.5 Å². The Morgan fingerprint density at radius 1 is 1.30 bits per heavy atom. The number of alkyl halides is 3. The van der Waals surface area contributed by atoms with Gasteiger partial charge in [-0.15, -0.1) is 10.2 Å². The average Bonchev–Trinajstić information content (AvgIpc) is 3.23. The molecule has 1 aromatic carbocycles. The number of benzene rings is 1. The van der Waals surface area contributed by atoms with E-state index in [9.17, 15) is 18.0 Å². The normalized spacial score (nSPS) is 13.1. The number of aromatic nitrogens is 3. The van der Waals surface area contributed by atoms with Crippen molar-refractivity contribution in [1.82, 2.24) is 19.7 Å². The molecule has 0 atom stereocenters. The SMILES string of the molecule is CCN(Cc1ccc2c(c1)OCO2)C(=O)CSc1nnc(C(F)(F)F)n1C. The largest absolute Gasteiger partial charge is 0.454 e. The first kappa shape index (κ1) is 19.3. The van der Waals surface area contributed by atoms with E-state index in [1.165, 1.54) is 7.05 Å². The second-order valence-corrected chi connectivity index (χ2v) is 6.69. The van der Waals surface area contributed by atoms with Gasteiger partial charge in [0.25, 0.3) is 0 Å². The van der Waals surface area contributed by atoms with Crippen molar-refractivity contribution >= 4 is 17.7 Å². The molecule has 2 heterocycles. The van der Waals surface area contributed by atoms with Gasteiger partial charge in [0.1, 0.15) is 0 Å². The lowest BCUT2D eigenvalue weighted by Crippen LogP contribution is -2.31. The molecule has 1 amide bonds. The van der Waals surface area contributed by atoms with Gasteiger partial charge in [0.05, 0.1) is 5.75 Å². The summed E-state index contributed by atoms with van der Waals surface area (Å²) >= 11 is 0.920. The molecule has 7 nitrogen and oxygen atoms in total. The van der Waals surface area contributed by atoms with Gasteiger partial charge in [-0.1, -0.05) is 17.8 Å². The molecule has 0 N–H and O–H groups in total. The molecule has 1 aromatic heterocycles. The minimum absolute atomic E-state index is 0.0369. The van der Waals surface area contributed by atoms with E-state index in [0.717, 1.165) is 21.9 Å². The number of hydrogen-bond acceptors (Lipinski definition) is 6. The summed E-state index contributed by atoms with van der Waals surface area (Å²) in [7, 11) is 1.22. The van der Waals surface area contributed by atoms with Gasteiger partial charge in [0.15, 0.2) is 16.7 Å². The summed E-state index contributed by atoms with van der Waals surface area (Å²) in [5.74, 6) is -0.0557. The topological polar surface area (TPSA) is 69.5 Å². The Bertz CT molecular complexity index is 841. The van der Waals surface area contributed by atoms with Crippen LogP contribution >= 0.6 is 11.8 Å². The van der Waals surface area contributed by atoms with E-state index in [0.29, 0.717) is 24.6 Å². The van der Waals surface area contributed by atoms with E-state index in [2.05, 4.69) is 10.2 Å². The molecule has 2 aromatic rings. The number of fused-ring (bicyclic) bond motifs is 1. The zero-order chi connectivity index (χ0) is 19.6. The molecule has 0 saturated heterocycles. The summed E-state index contributed by atoms with van der Waals surface area (Å²) in [6.07, 6.45) is -4.58. The van der Waals surface area contributed by atoms with Gasteiger partial charge in [0.2, 0.25) is 18.5 Å². The summed E-state index contributed by atoms with van der Waals surface area (Å²) in [6.45, 7) is 2.82. The van der Waals surface area contributed by atoms with Crippen LogP contribution in [-0.4, -0.2) is 44.7 Å². The molecule has 0 aliphatic carbocycles. The van der Waals surface area contributed by atoms with Crippen molar-refractivity contribution in [3.63, 3.8) is 0 Å². The van der Waals surface area contributed by atoms with Crippen LogP contribution in [0, 0.1) is 0 Å². The first-order chi connectivity index (χ1) is 12.8. The molecule has 0 saturated carbocycles. The summed E-state index contributed by atoms with van der Waals surface area (Å²) in [6, 6.07) is 5.43. The van der Waals surface area contributed by atoms with Crippen LogP contribution in [-0.2, 0) is 24.6 Å². The number of nitrogens with zero attached hydrogens (tertiary/aromatic N) is 4. The van der Waals surface area contributed by atoms with Gasteiger partial charge < -0.3 is 18.9 Å². The highest BCUT2D eigenvalue weighted by Crippen LogP contribution is 2.33. The summed E-state index contributed by atoms with van der Waals surface area (Å²) < 4.78 is 49.7. The van der Waals surface area contributed by atoms with Crippen molar-refractivity contribution in [2.75, 3.05) is 19.1 Å². The van der Waals surface area contributed by atoms with Gasteiger partial charge in [0, 0.05) is 20.1 Å². The van der Waals surface area contributed by atoms with Crippen LogP contribution in [0.3, 0.4) is 0 Å². The third kappa shape index (κ3) is 4.29. The number of carbonyl (C=O) groups excluding carboxylic acids is 1. The first-order valence-corrected chi connectivity index (χ1v) is 9.04. The zero-order valence-electron chi connectivity index (χ0n) is 14.6. The summed E-state index contributed by atoms with van der Waals surface area (Å²) in [4.78, 5) is 14.1. The fraction of sp³-hybridized carbons (Fsp3) is 0.438. The monoisotopic (exact) mass is 402 g/mol. The lowest BCUT2D eigenvalue weighted by molar-refractivity contribution is -0.147. The predicted octanol–water partition coefficient (Wildman–Crippen LogP) is 2.70. The van der Waals surface area contributed by atoms with Crippen LogP contribution in [0.2, 0.25) is 0 Å². The Morgan fingerprint density at radius 2 is 2.04 bits per heavy atom. The van der Waals surface area contributed by atoms with Gasteiger partial charge in [-0.3, -0.25) is 4.79 Å². The van der Waals surface area contributed by atoms with Crippen molar-refractivity contribution < 1.29 is 27.4 Å². The van der Waals surface area contributed by atoms with Crippen molar-refractivity contribution in [1.29, 1.82) is 0 Å². The maximum absolute atomic E-state index is 12.8. The Kier molecular flexibility index (Phi) is 5.49. The Morgan fingerprint density at radius 3 is 2.70 bits per heavy atom. The van der Waals surface area contributed by atoms with E-state index in [1.54, 1.807) is 11.0 Å². The van der Waals surface area contributed by atoms with Gasteiger partial charge in [-0.25, -0.2) is 0 Å². The lowest BCUT2D eigenvalue weighted by Gasteiger charge is -2.21. The van der Waals surface area contributed by atoms with Gasteiger partial charge in [-0.2, -0.15) is 13.2 Å². The Balaban J connectivity index is 1.62. The molecule has 0 bridgehead atoms. The molecule has 1 aliphatic heterocycles. The first-order valence-electron chi connectivity index (χ1n) is 8.05. The molecule has 0 radical (unpaired) electrons. The lowest BCUT2D eigenvalue weighted by atomic mass is 10.2. The average molecular weight is 402 g/mol. The molecule has 1 aliphatic rings. The maximum atomic E-state index is 12.8. The Labute approximate surface area is 157 Å². The highest BCUT2D eigenvalue weighted by molar-refractivity contribution is 7.99. The standard InChI is InChI=1S/C16H17F3N4O3S/c1-3-23(7-10-4-5-11-12(6-10)26-9-25-11)13(24)8-27-15-21-20-14(22(15)2)16(17,18)19/h4-6H,3,7-9H2,1-2H3. The second kappa shape index (κ2) is 7.67. The van der Waals surface area contributed by atoms with E-state index in [-0.39, 0.29) is 23.6 Å². The van der Waals surface area contributed by atoms with Gasteiger partial charge >= 0.3 is 6.18 Å². The molecule has 0 unspecified atom stereocenters. The van der Waals surface area contributed by atoms with E-state index >= 15 is 0 Å². The van der Waals surface area contributed by atoms with E-state index < -0.39 is 12.0 Å². The van der Waals surface area contributed by atoms with Crippen molar-refractivity contribution in [3.05, 3.63) is 29.6 Å². The molecular weight excluding hydrogens is 385 g/mol. The number of ether oxygens (including phenoxy) is 2. The second-order valence-electron chi connectivity index (χ2n) is 5.75. The minimum atomic E-state index is -4.58. The highest BCUT2D eigenvalue weighted by Gasteiger charge is 2.37. The van der Waals surface area contributed by atoms with Crippen LogP contribution in [0.1, 0.15) is 18.3 Å².